The highest BCUT2D eigenvalue weighted by Gasteiger charge is 2.26. The first-order chi connectivity index (χ1) is 12.0. The second-order valence-electron chi connectivity index (χ2n) is 5.98. The van der Waals surface area contributed by atoms with Crippen molar-refractivity contribution in [2.24, 2.45) is 0 Å². The third kappa shape index (κ3) is 4.45. The van der Waals surface area contributed by atoms with Gasteiger partial charge >= 0.3 is 0 Å². The van der Waals surface area contributed by atoms with Gasteiger partial charge < -0.3 is 9.64 Å². The van der Waals surface area contributed by atoms with Crippen molar-refractivity contribution >= 4 is 17.5 Å². The van der Waals surface area contributed by atoms with Gasteiger partial charge in [-0.3, -0.25) is 4.79 Å². The summed E-state index contributed by atoms with van der Waals surface area (Å²) in [6, 6.07) is 7.31. The molecule has 0 bridgehead atoms. The monoisotopic (exact) mass is 363 g/mol. The number of hydrogen-bond donors (Lipinski definition) is 0. The van der Waals surface area contributed by atoms with E-state index < -0.39 is 0 Å². The molecular weight excluding hydrogens is 345 g/mol. The molecule has 0 spiro atoms. The van der Waals surface area contributed by atoms with Crippen molar-refractivity contribution in [3.8, 4) is 11.6 Å². The van der Waals surface area contributed by atoms with Gasteiger partial charge in [0.25, 0.3) is 0 Å². The van der Waals surface area contributed by atoms with Gasteiger partial charge in [-0.2, -0.15) is 4.98 Å². The van der Waals surface area contributed by atoms with Crippen molar-refractivity contribution in [3.05, 3.63) is 47.1 Å². The topological polar surface area (TPSA) is 55.3 Å². The summed E-state index contributed by atoms with van der Waals surface area (Å²) < 4.78 is 18.9. The van der Waals surface area contributed by atoms with Crippen LogP contribution in [0.3, 0.4) is 0 Å². The number of aromatic nitrogens is 2. The molecule has 1 unspecified atom stereocenters. The fourth-order valence-electron chi connectivity index (χ4n) is 2.94. The first-order valence-electron chi connectivity index (χ1n) is 8.31. The summed E-state index contributed by atoms with van der Waals surface area (Å²) in [5, 5.41) is 0.260. The number of hydrogen-bond acceptors (Lipinski definition) is 4. The van der Waals surface area contributed by atoms with E-state index in [-0.39, 0.29) is 28.7 Å². The van der Waals surface area contributed by atoms with Crippen LogP contribution in [0.5, 0.6) is 11.6 Å². The summed E-state index contributed by atoms with van der Waals surface area (Å²) in [6.07, 6.45) is 2.26. The molecule has 1 aliphatic heterocycles. The van der Waals surface area contributed by atoms with Crippen molar-refractivity contribution in [3.63, 3.8) is 0 Å². The molecule has 5 nitrogen and oxygen atoms in total. The van der Waals surface area contributed by atoms with E-state index >= 15 is 0 Å². The first-order valence-corrected chi connectivity index (χ1v) is 8.68. The third-order valence-electron chi connectivity index (χ3n) is 4.15. The number of carbonyl (C=O) groups excluding carboxylic acids is 1. The summed E-state index contributed by atoms with van der Waals surface area (Å²) >= 11 is 6.11. The molecule has 25 heavy (non-hydrogen) atoms. The number of amides is 1. The highest BCUT2D eigenvalue weighted by Crippen LogP contribution is 2.29. The van der Waals surface area contributed by atoms with Crippen LogP contribution in [0.15, 0.2) is 30.3 Å². The first kappa shape index (κ1) is 17.6. The second-order valence-corrected chi connectivity index (χ2v) is 6.37. The second kappa shape index (κ2) is 7.78. The van der Waals surface area contributed by atoms with Crippen LogP contribution in [0, 0.1) is 5.82 Å². The Kier molecular flexibility index (Phi) is 5.48. The number of ether oxygens (including phenoxy) is 1. The lowest BCUT2D eigenvalue weighted by atomic mass is 9.97. The largest absolute Gasteiger partial charge is 0.439 e. The quantitative estimate of drug-likeness (QED) is 0.765. The Balaban J connectivity index is 1.80. The zero-order chi connectivity index (χ0) is 17.8. The summed E-state index contributed by atoms with van der Waals surface area (Å²) in [5.74, 6) is 0.902. The molecule has 3 rings (SSSR count). The maximum absolute atomic E-state index is 13.3. The van der Waals surface area contributed by atoms with Gasteiger partial charge in [0.15, 0.2) is 0 Å². The lowest BCUT2D eigenvalue weighted by molar-refractivity contribution is -0.132. The van der Waals surface area contributed by atoms with E-state index in [0.717, 1.165) is 19.4 Å². The van der Waals surface area contributed by atoms with Gasteiger partial charge in [-0.15, -0.1) is 0 Å². The van der Waals surface area contributed by atoms with Gasteiger partial charge in [0, 0.05) is 37.6 Å². The van der Waals surface area contributed by atoms with Crippen LogP contribution in [-0.2, 0) is 4.79 Å². The molecule has 1 aromatic carbocycles. The van der Waals surface area contributed by atoms with Crippen LogP contribution in [0.2, 0.25) is 5.15 Å². The van der Waals surface area contributed by atoms with E-state index in [0.29, 0.717) is 24.5 Å². The minimum absolute atomic E-state index is 0.0119. The molecule has 1 aromatic heterocycles. The fraction of sp³-hybridized carbons (Fsp3) is 0.389. The van der Waals surface area contributed by atoms with Crippen molar-refractivity contribution in [1.82, 2.24) is 14.9 Å². The fourth-order valence-corrected chi connectivity index (χ4v) is 3.12. The molecule has 1 atom stereocenters. The van der Waals surface area contributed by atoms with Gasteiger partial charge in [0.05, 0.1) is 0 Å². The Bertz CT molecular complexity index is 772. The van der Waals surface area contributed by atoms with Gasteiger partial charge in [-0.25, -0.2) is 9.37 Å². The third-order valence-corrected chi connectivity index (χ3v) is 4.34. The Morgan fingerprint density at radius 2 is 2.24 bits per heavy atom. The molecule has 1 fully saturated rings. The van der Waals surface area contributed by atoms with Crippen LogP contribution in [0.25, 0.3) is 0 Å². The van der Waals surface area contributed by atoms with Gasteiger partial charge in [-0.05, 0) is 25.0 Å². The minimum atomic E-state index is -0.390. The Labute approximate surface area is 150 Å². The van der Waals surface area contributed by atoms with Gasteiger partial charge in [0.1, 0.15) is 22.5 Å². The Morgan fingerprint density at radius 3 is 3.00 bits per heavy atom. The van der Waals surface area contributed by atoms with E-state index in [1.165, 1.54) is 18.2 Å². The molecule has 2 heterocycles. The van der Waals surface area contributed by atoms with Crippen molar-refractivity contribution < 1.29 is 13.9 Å². The normalized spacial score (nSPS) is 17.4. The number of carbonyl (C=O) groups is 1. The molecule has 0 aliphatic carbocycles. The van der Waals surface area contributed by atoms with E-state index in [9.17, 15) is 9.18 Å². The van der Waals surface area contributed by atoms with E-state index in [1.807, 2.05) is 11.8 Å². The number of rotatable bonds is 4. The molecular formula is C18H19ClFN3O2. The molecule has 2 aromatic rings. The maximum atomic E-state index is 13.3. The molecule has 132 valence electrons. The number of nitrogens with zero attached hydrogens (tertiary/aromatic N) is 3. The van der Waals surface area contributed by atoms with Crippen LogP contribution in [0.1, 0.15) is 37.9 Å². The lowest BCUT2D eigenvalue weighted by Crippen LogP contribution is -2.39. The Hall–Kier alpha value is -2.21. The molecule has 0 saturated carbocycles. The SMILES string of the molecule is CCC(=O)N1CCCC(c2nc(Cl)cc(Oc3cccc(F)c3)n2)C1. The summed E-state index contributed by atoms with van der Waals surface area (Å²) in [6.45, 7) is 3.19. The van der Waals surface area contributed by atoms with Crippen LogP contribution < -0.4 is 4.74 Å². The van der Waals surface area contributed by atoms with E-state index in [1.54, 1.807) is 12.1 Å². The number of benzene rings is 1. The maximum Gasteiger partial charge on any atom is 0.224 e. The lowest BCUT2D eigenvalue weighted by Gasteiger charge is -2.32. The summed E-state index contributed by atoms with van der Waals surface area (Å²) in [4.78, 5) is 22.5. The number of piperidine rings is 1. The highest BCUT2D eigenvalue weighted by atomic mass is 35.5. The molecule has 1 saturated heterocycles. The van der Waals surface area contributed by atoms with Crippen LogP contribution in [-0.4, -0.2) is 33.9 Å². The van der Waals surface area contributed by atoms with Crippen LogP contribution in [0.4, 0.5) is 4.39 Å². The molecule has 0 radical (unpaired) electrons. The standard InChI is InChI=1S/C18H19ClFN3O2/c1-2-17(24)23-8-4-5-12(11-23)18-21-15(19)10-16(22-18)25-14-7-3-6-13(20)9-14/h3,6-7,9-10,12H,2,4-5,8,11H2,1H3. The summed E-state index contributed by atoms with van der Waals surface area (Å²) in [5.41, 5.74) is 0. The van der Waals surface area contributed by atoms with Crippen molar-refractivity contribution in [2.45, 2.75) is 32.1 Å². The number of halogens is 2. The zero-order valence-electron chi connectivity index (χ0n) is 13.9. The van der Waals surface area contributed by atoms with E-state index in [4.69, 9.17) is 16.3 Å². The molecule has 7 heteroatoms. The smallest absolute Gasteiger partial charge is 0.224 e. The summed E-state index contributed by atoms with van der Waals surface area (Å²) in [7, 11) is 0. The predicted molar refractivity (Wildman–Crippen MR) is 92.4 cm³/mol. The zero-order valence-corrected chi connectivity index (χ0v) is 14.7. The average molecular weight is 364 g/mol. The molecule has 1 amide bonds. The van der Waals surface area contributed by atoms with Crippen molar-refractivity contribution in [1.29, 1.82) is 0 Å². The average Bonchev–Trinajstić information content (AvgIpc) is 2.60. The molecule has 1 aliphatic rings. The highest BCUT2D eigenvalue weighted by molar-refractivity contribution is 6.29. The Morgan fingerprint density at radius 1 is 1.40 bits per heavy atom. The van der Waals surface area contributed by atoms with Crippen molar-refractivity contribution in [2.75, 3.05) is 13.1 Å². The molecule has 0 N–H and O–H groups in total. The van der Waals surface area contributed by atoms with E-state index in [2.05, 4.69) is 9.97 Å². The van der Waals surface area contributed by atoms with Crippen LogP contribution >= 0.6 is 11.6 Å². The minimum Gasteiger partial charge on any atom is -0.439 e. The van der Waals surface area contributed by atoms with Gasteiger partial charge in [-0.1, -0.05) is 24.6 Å². The van der Waals surface area contributed by atoms with Gasteiger partial charge in [0.2, 0.25) is 11.8 Å². The predicted octanol–water partition coefficient (Wildman–Crippen LogP) is 4.18. The number of likely N-dealkylation sites (tertiary alicyclic amines) is 1.